The molecule has 17 heavy (non-hydrogen) atoms. The van der Waals surface area contributed by atoms with Crippen molar-refractivity contribution in [1.82, 2.24) is 10.3 Å². The molecule has 2 N–H and O–H groups in total. The Kier molecular flexibility index (Phi) is 5.58. The van der Waals surface area contributed by atoms with Gasteiger partial charge in [-0.25, -0.2) is 4.98 Å². The molecule has 0 bridgehead atoms. The predicted octanol–water partition coefficient (Wildman–Crippen LogP) is 1.98. The summed E-state index contributed by atoms with van der Waals surface area (Å²) in [6.07, 6.45) is 2.18. The number of carbonyl (C=O) groups is 1. The lowest BCUT2D eigenvalue weighted by atomic mass is 10.0. The summed E-state index contributed by atoms with van der Waals surface area (Å²) < 4.78 is 0.531. The van der Waals surface area contributed by atoms with Crippen LogP contribution in [0.15, 0.2) is 22.9 Å². The standard InChI is InChI=1S/C12H17BrN2O2/c1-8(2)10(5-7-16)15-12(17)9-4-3-6-14-11(9)13/h3-4,6,8,10,16H,5,7H2,1-2H3,(H,15,17). The maximum atomic E-state index is 12.0. The molecule has 0 radical (unpaired) electrons. The van der Waals surface area contributed by atoms with Crippen molar-refractivity contribution in [2.24, 2.45) is 5.92 Å². The van der Waals surface area contributed by atoms with E-state index in [0.717, 1.165) is 0 Å². The number of hydrogen-bond donors (Lipinski definition) is 2. The highest BCUT2D eigenvalue weighted by molar-refractivity contribution is 9.10. The van der Waals surface area contributed by atoms with Crippen LogP contribution >= 0.6 is 15.9 Å². The van der Waals surface area contributed by atoms with E-state index in [1.165, 1.54) is 0 Å². The molecule has 1 aromatic rings. The van der Waals surface area contributed by atoms with Gasteiger partial charge in [-0.3, -0.25) is 4.79 Å². The summed E-state index contributed by atoms with van der Waals surface area (Å²) in [5.41, 5.74) is 0.510. The van der Waals surface area contributed by atoms with Gasteiger partial charge in [0.25, 0.3) is 5.91 Å². The Morgan fingerprint density at radius 1 is 1.59 bits per heavy atom. The van der Waals surface area contributed by atoms with Crippen molar-refractivity contribution in [3.05, 3.63) is 28.5 Å². The number of rotatable bonds is 5. The summed E-state index contributed by atoms with van der Waals surface area (Å²) in [6, 6.07) is 3.40. The molecule has 1 heterocycles. The molecule has 4 nitrogen and oxygen atoms in total. The second-order valence-electron chi connectivity index (χ2n) is 4.18. The molecule has 0 saturated carbocycles. The van der Waals surface area contributed by atoms with Crippen molar-refractivity contribution < 1.29 is 9.90 Å². The fourth-order valence-electron chi connectivity index (χ4n) is 1.51. The van der Waals surface area contributed by atoms with E-state index in [1.807, 2.05) is 13.8 Å². The first kappa shape index (κ1) is 14.1. The minimum atomic E-state index is -0.169. The third-order valence-electron chi connectivity index (χ3n) is 2.57. The first-order chi connectivity index (χ1) is 8.06. The molecule has 0 aliphatic carbocycles. The minimum absolute atomic E-state index is 0.0281. The quantitative estimate of drug-likeness (QED) is 0.818. The highest BCUT2D eigenvalue weighted by Crippen LogP contribution is 2.14. The number of halogens is 1. The monoisotopic (exact) mass is 300 g/mol. The number of pyridine rings is 1. The van der Waals surface area contributed by atoms with Crippen LogP contribution in [0.1, 0.15) is 30.6 Å². The van der Waals surface area contributed by atoms with Gasteiger partial charge in [0.15, 0.2) is 0 Å². The SMILES string of the molecule is CC(C)C(CCO)NC(=O)c1cccnc1Br. The normalized spacial score (nSPS) is 12.5. The lowest BCUT2D eigenvalue weighted by Gasteiger charge is -2.21. The number of amides is 1. The van der Waals surface area contributed by atoms with E-state index >= 15 is 0 Å². The lowest BCUT2D eigenvalue weighted by Crippen LogP contribution is -2.39. The molecule has 0 aliphatic rings. The fraction of sp³-hybridized carbons (Fsp3) is 0.500. The largest absolute Gasteiger partial charge is 0.396 e. The Morgan fingerprint density at radius 2 is 2.29 bits per heavy atom. The number of nitrogens with one attached hydrogen (secondary N) is 1. The van der Waals surface area contributed by atoms with Gasteiger partial charge in [-0.1, -0.05) is 13.8 Å². The zero-order chi connectivity index (χ0) is 12.8. The van der Waals surface area contributed by atoms with E-state index in [4.69, 9.17) is 5.11 Å². The fourth-order valence-corrected chi connectivity index (χ4v) is 1.94. The Bertz CT molecular complexity index is 383. The molecule has 1 aromatic heterocycles. The van der Waals surface area contributed by atoms with Gasteiger partial charge in [-0.15, -0.1) is 0 Å². The Balaban J connectivity index is 2.74. The lowest BCUT2D eigenvalue weighted by molar-refractivity contribution is 0.0915. The van der Waals surface area contributed by atoms with Crippen molar-refractivity contribution in [2.75, 3.05) is 6.61 Å². The molecule has 1 atom stereocenters. The maximum absolute atomic E-state index is 12.0. The van der Waals surface area contributed by atoms with E-state index in [9.17, 15) is 4.79 Å². The third kappa shape index (κ3) is 4.09. The molecule has 0 spiro atoms. The zero-order valence-corrected chi connectivity index (χ0v) is 11.6. The second-order valence-corrected chi connectivity index (χ2v) is 4.93. The zero-order valence-electron chi connectivity index (χ0n) is 9.98. The van der Waals surface area contributed by atoms with Crippen LogP contribution in [0.5, 0.6) is 0 Å². The Labute approximate surface area is 110 Å². The van der Waals surface area contributed by atoms with E-state index in [1.54, 1.807) is 18.3 Å². The minimum Gasteiger partial charge on any atom is -0.396 e. The number of aliphatic hydroxyl groups excluding tert-OH is 1. The highest BCUT2D eigenvalue weighted by atomic mass is 79.9. The van der Waals surface area contributed by atoms with Crippen LogP contribution < -0.4 is 5.32 Å². The molecular weight excluding hydrogens is 284 g/mol. The van der Waals surface area contributed by atoms with Gasteiger partial charge in [0.1, 0.15) is 4.60 Å². The van der Waals surface area contributed by atoms with E-state index in [-0.39, 0.29) is 24.5 Å². The van der Waals surface area contributed by atoms with Crippen LogP contribution in [0.3, 0.4) is 0 Å². The number of nitrogens with zero attached hydrogens (tertiary/aromatic N) is 1. The van der Waals surface area contributed by atoms with Crippen molar-refractivity contribution in [3.8, 4) is 0 Å². The first-order valence-corrected chi connectivity index (χ1v) is 6.37. The van der Waals surface area contributed by atoms with Crippen molar-refractivity contribution in [1.29, 1.82) is 0 Å². The predicted molar refractivity (Wildman–Crippen MR) is 69.7 cm³/mol. The number of aliphatic hydroxyl groups is 1. The smallest absolute Gasteiger partial charge is 0.254 e. The average Bonchev–Trinajstić information content (AvgIpc) is 2.28. The molecule has 0 aliphatic heterocycles. The summed E-state index contributed by atoms with van der Waals surface area (Å²) in [7, 11) is 0. The molecule has 94 valence electrons. The Hall–Kier alpha value is -0.940. The number of carbonyl (C=O) groups excluding carboxylic acids is 1. The summed E-state index contributed by atoms with van der Waals surface area (Å²) in [5, 5.41) is 11.9. The van der Waals surface area contributed by atoms with Gasteiger partial charge in [0.2, 0.25) is 0 Å². The molecule has 1 amide bonds. The van der Waals surface area contributed by atoms with Crippen LogP contribution in [0.4, 0.5) is 0 Å². The molecule has 1 unspecified atom stereocenters. The summed E-state index contributed by atoms with van der Waals surface area (Å²) >= 11 is 3.24. The highest BCUT2D eigenvalue weighted by Gasteiger charge is 2.18. The van der Waals surface area contributed by atoms with E-state index < -0.39 is 0 Å². The van der Waals surface area contributed by atoms with Crippen LogP contribution in [0.2, 0.25) is 0 Å². The molecule has 0 fully saturated rings. The second kappa shape index (κ2) is 6.71. The van der Waals surface area contributed by atoms with Crippen LogP contribution in [0.25, 0.3) is 0 Å². The van der Waals surface area contributed by atoms with Gasteiger partial charge >= 0.3 is 0 Å². The number of aromatic nitrogens is 1. The summed E-state index contributed by atoms with van der Waals surface area (Å²) in [5.74, 6) is 0.110. The van der Waals surface area contributed by atoms with Crippen LogP contribution in [-0.4, -0.2) is 28.6 Å². The molecule has 1 rings (SSSR count). The molecular formula is C12H17BrN2O2. The van der Waals surface area contributed by atoms with Crippen molar-refractivity contribution >= 4 is 21.8 Å². The van der Waals surface area contributed by atoms with Gasteiger partial charge in [-0.2, -0.15) is 0 Å². The van der Waals surface area contributed by atoms with Crippen molar-refractivity contribution in [3.63, 3.8) is 0 Å². The number of hydrogen-bond acceptors (Lipinski definition) is 3. The maximum Gasteiger partial charge on any atom is 0.254 e. The summed E-state index contributed by atoms with van der Waals surface area (Å²) in [4.78, 5) is 16.0. The molecule has 0 aromatic carbocycles. The first-order valence-electron chi connectivity index (χ1n) is 5.58. The van der Waals surface area contributed by atoms with Gasteiger partial charge in [0.05, 0.1) is 5.56 Å². The van der Waals surface area contributed by atoms with Crippen LogP contribution in [0, 0.1) is 5.92 Å². The van der Waals surface area contributed by atoms with E-state index in [2.05, 4.69) is 26.2 Å². The van der Waals surface area contributed by atoms with Gasteiger partial charge in [-0.05, 0) is 40.4 Å². The van der Waals surface area contributed by atoms with Gasteiger partial charge in [0, 0.05) is 18.8 Å². The van der Waals surface area contributed by atoms with E-state index in [0.29, 0.717) is 16.6 Å². The molecule has 0 saturated heterocycles. The summed E-state index contributed by atoms with van der Waals surface area (Å²) in [6.45, 7) is 4.09. The van der Waals surface area contributed by atoms with Gasteiger partial charge < -0.3 is 10.4 Å². The topological polar surface area (TPSA) is 62.2 Å². The van der Waals surface area contributed by atoms with Crippen LogP contribution in [-0.2, 0) is 0 Å². The average molecular weight is 301 g/mol. The third-order valence-corrected chi connectivity index (χ3v) is 3.20. The molecule has 5 heteroatoms. The van der Waals surface area contributed by atoms with Crippen molar-refractivity contribution in [2.45, 2.75) is 26.3 Å². The Morgan fingerprint density at radius 3 is 2.82 bits per heavy atom.